The van der Waals surface area contributed by atoms with Gasteiger partial charge in [0.15, 0.2) is 6.29 Å². The minimum atomic E-state index is -1.14. The van der Waals surface area contributed by atoms with Crippen LogP contribution in [0.2, 0.25) is 0 Å². The molecule has 0 spiro atoms. The lowest BCUT2D eigenvalue weighted by molar-refractivity contribution is -0.0465. The minimum absolute atomic E-state index is 0.484. The number of hydrogen-bond donors (Lipinski definition) is 5. The molecule has 0 aromatic carbocycles. The van der Waals surface area contributed by atoms with Gasteiger partial charge in [-0.15, -0.1) is 0 Å². The average molecular weight is 219 g/mol. The Morgan fingerprint density at radius 2 is 1.53 bits per heavy atom. The van der Waals surface area contributed by atoms with Crippen LogP contribution < -0.4 is 16.4 Å². The largest absolute Gasteiger partial charge is 0.368 e. The van der Waals surface area contributed by atoms with Gasteiger partial charge in [0.1, 0.15) is 0 Å². The van der Waals surface area contributed by atoms with E-state index in [-0.39, 0.29) is 0 Å². The Labute approximate surface area is 92.1 Å². The number of hydrogen-bond acceptors (Lipinski definition) is 5. The van der Waals surface area contributed by atoms with Crippen LogP contribution >= 0.6 is 0 Å². The van der Waals surface area contributed by atoms with E-state index in [9.17, 15) is 0 Å². The van der Waals surface area contributed by atoms with Gasteiger partial charge in [0.2, 0.25) is 0 Å². The number of rotatable bonds is 11. The Morgan fingerprint density at radius 1 is 0.867 bits per heavy atom. The van der Waals surface area contributed by atoms with Gasteiger partial charge in [0.05, 0.1) is 0 Å². The van der Waals surface area contributed by atoms with Gasteiger partial charge in [0, 0.05) is 26.2 Å². The molecule has 0 rings (SSSR count). The summed E-state index contributed by atoms with van der Waals surface area (Å²) in [6.45, 7) is 4.46. The monoisotopic (exact) mass is 219 g/mol. The van der Waals surface area contributed by atoms with E-state index in [1.807, 2.05) is 0 Å². The maximum atomic E-state index is 8.60. The first-order valence-electron chi connectivity index (χ1n) is 5.75. The van der Waals surface area contributed by atoms with Crippen LogP contribution in [0.1, 0.15) is 25.7 Å². The summed E-state index contributed by atoms with van der Waals surface area (Å²) in [6.07, 6.45) is 2.35. The molecule has 5 nitrogen and oxygen atoms in total. The summed E-state index contributed by atoms with van der Waals surface area (Å²) in [7, 11) is 0. The predicted octanol–water partition coefficient (Wildman–Crippen LogP) is -1.00. The van der Waals surface area contributed by atoms with E-state index >= 15 is 0 Å². The fraction of sp³-hybridized carbons (Fsp3) is 1.00. The molecule has 0 aliphatic rings. The summed E-state index contributed by atoms with van der Waals surface area (Å²) in [5, 5.41) is 23.7. The van der Waals surface area contributed by atoms with Crippen molar-refractivity contribution in [2.75, 3.05) is 32.7 Å². The fourth-order valence-electron chi connectivity index (χ4n) is 1.28. The van der Waals surface area contributed by atoms with Gasteiger partial charge < -0.3 is 26.6 Å². The highest BCUT2D eigenvalue weighted by atomic mass is 16.5. The van der Waals surface area contributed by atoms with Crippen LogP contribution in [0.5, 0.6) is 0 Å². The van der Waals surface area contributed by atoms with E-state index in [1.54, 1.807) is 0 Å². The van der Waals surface area contributed by atoms with E-state index in [0.717, 1.165) is 45.4 Å². The lowest BCUT2D eigenvalue weighted by atomic mass is 10.2. The zero-order valence-corrected chi connectivity index (χ0v) is 9.41. The standard InChI is InChI=1S/C10H25N3O2/c11-5-7-13-9-8-12-6-3-1-2-4-10(14)15/h10,12-15H,1-9,11H2. The first-order chi connectivity index (χ1) is 7.27. The van der Waals surface area contributed by atoms with Gasteiger partial charge in [-0.1, -0.05) is 6.42 Å². The normalized spacial score (nSPS) is 11.2. The van der Waals surface area contributed by atoms with Gasteiger partial charge in [0.25, 0.3) is 0 Å². The zero-order valence-electron chi connectivity index (χ0n) is 9.41. The first-order valence-corrected chi connectivity index (χ1v) is 5.75. The van der Waals surface area contributed by atoms with Crippen molar-refractivity contribution >= 4 is 0 Å². The summed E-state index contributed by atoms with van der Waals surface area (Å²) in [4.78, 5) is 0. The van der Waals surface area contributed by atoms with Crippen LogP contribution in [0.4, 0.5) is 0 Å². The molecule has 0 aromatic heterocycles. The summed E-state index contributed by atoms with van der Waals surface area (Å²) in [5.41, 5.74) is 5.32. The summed E-state index contributed by atoms with van der Waals surface area (Å²) >= 11 is 0. The van der Waals surface area contributed by atoms with Crippen LogP contribution in [0, 0.1) is 0 Å². The molecule has 6 N–H and O–H groups in total. The molecule has 0 heterocycles. The smallest absolute Gasteiger partial charge is 0.151 e. The van der Waals surface area contributed by atoms with Gasteiger partial charge >= 0.3 is 0 Å². The molecule has 0 saturated heterocycles. The van der Waals surface area contributed by atoms with E-state index in [4.69, 9.17) is 15.9 Å². The zero-order chi connectivity index (χ0) is 11.4. The predicted molar refractivity (Wildman–Crippen MR) is 61.5 cm³/mol. The van der Waals surface area contributed by atoms with Crippen LogP contribution in [-0.2, 0) is 0 Å². The molecule has 15 heavy (non-hydrogen) atoms. The highest BCUT2D eigenvalue weighted by molar-refractivity contribution is 4.53. The fourth-order valence-corrected chi connectivity index (χ4v) is 1.28. The second-order valence-electron chi connectivity index (χ2n) is 3.62. The summed E-state index contributed by atoms with van der Waals surface area (Å²) < 4.78 is 0. The molecule has 0 radical (unpaired) electrons. The molecule has 5 heteroatoms. The highest BCUT2D eigenvalue weighted by Crippen LogP contribution is 2.00. The lowest BCUT2D eigenvalue weighted by Crippen LogP contribution is -2.31. The summed E-state index contributed by atoms with van der Waals surface area (Å²) in [6, 6.07) is 0. The van der Waals surface area contributed by atoms with E-state index in [0.29, 0.717) is 13.0 Å². The molecule has 0 fully saturated rings. The number of unbranched alkanes of at least 4 members (excludes halogenated alkanes) is 2. The molecular weight excluding hydrogens is 194 g/mol. The first kappa shape index (κ1) is 14.8. The van der Waals surface area contributed by atoms with E-state index < -0.39 is 6.29 Å². The van der Waals surface area contributed by atoms with Crippen molar-refractivity contribution < 1.29 is 10.2 Å². The third kappa shape index (κ3) is 13.8. The lowest BCUT2D eigenvalue weighted by Gasteiger charge is -2.06. The third-order valence-electron chi connectivity index (χ3n) is 2.12. The molecule has 0 saturated carbocycles. The van der Waals surface area contributed by atoms with Crippen molar-refractivity contribution in [1.29, 1.82) is 0 Å². The maximum absolute atomic E-state index is 8.60. The third-order valence-corrected chi connectivity index (χ3v) is 2.12. The van der Waals surface area contributed by atoms with Crippen molar-refractivity contribution in [1.82, 2.24) is 10.6 Å². The molecule has 0 atom stereocenters. The molecule has 0 bridgehead atoms. The Bertz CT molecular complexity index is 123. The van der Waals surface area contributed by atoms with Gasteiger partial charge in [-0.05, 0) is 25.8 Å². The molecule has 0 unspecified atom stereocenters. The van der Waals surface area contributed by atoms with Gasteiger partial charge in [-0.25, -0.2) is 0 Å². The highest BCUT2D eigenvalue weighted by Gasteiger charge is 1.96. The molecule has 0 aromatic rings. The van der Waals surface area contributed by atoms with Gasteiger partial charge in [-0.3, -0.25) is 0 Å². The second kappa shape index (κ2) is 11.9. The molecule has 0 amide bonds. The molecule has 0 aliphatic carbocycles. The Kier molecular flexibility index (Phi) is 11.7. The topological polar surface area (TPSA) is 90.5 Å². The van der Waals surface area contributed by atoms with Crippen LogP contribution in [0.25, 0.3) is 0 Å². The molecular formula is C10H25N3O2. The van der Waals surface area contributed by atoms with E-state index in [1.165, 1.54) is 0 Å². The Morgan fingerprint density at radius 3 is 2.13 bits per heavy atom. The van der Waals surface area contributed by atoms with E-state index in [2.05, 4.69) is 10.6 Å². The number of aliphatic hydroxyl groups is 2. The maximum Gasteiger partial charge on any atom is 0.151 e. The summed E-state index contributed by atoms with van der Waals surface area (Å²) in [5.74, 6) is 0. The van der Waals surface area contributed by atoms with Crippen LogP contribution in [0.3, 0.4) is 0 Å². The Hall–Kier alpha value is -0.200. The van der Waals surface area contributed by atoms with Crippen LogP contribution in [0.15, 0.2) is 0 Å². The molecule has 92 valence electrons. The number of aliphatic hydroxyl groups excluding tert-OH is 1. The Balaban J connectivity index is 2.87. The van der Waals surface area contributed by atoms with Crippen molar-refractivity contribution in [3.05, 3.63) is 0 Å². The van der Waals surface area contributed by atoms with Crippen molar-refractivity contribution in [2.45, 2.75) is 32.0 Å². The SMILES string of the molecule is NCCNCCNCCCCCC(O)O. The van der Waals surface area contributed by atoms with Crippen molar-refractivity contribution in [3.8, 4) is 0 Å². The minimum Gasteiger partial charge on any atom is -0.368 e. The molecule has 0 aliphatic heterocycles. The van der Waals surface area contributed by atoms with Crippen molar-refractivity contribution in [2.24, 2.45) is 5.73 Å². The second-order valence-corrected chi connectivity index (χ2v) is 3.62. The quantitative estimate of drug-likeness (QED) is 0.227. The number of nitrogens with two attached hydrogens (primary N) is 1. The van der Waals surface area contributed by atoms with Gasteiger partial charge in [-0.2, -0.15) is 0 Å². The number of nitrogens with one attached hydrogen (secondary N) is 2. The van der Waals surface area contributed by atoms with Crippen LogP contribution in [-0.4, -0.2) is 49.2 Å². The average Bonchev–Trinajstić information content (AvgIpc) is 2.20. The van der Waals surface area contributed by atoms with Crippen molar-refractivity contribution in [3.63, 3.8) is 0 Å².